The number of anilines is 1. The number of esters is 1. The highest BCUT2D eigenvalue weighted by Gasteiger charge is 2.28. The smallest absolute Gasteiger partial charge is 0.336 e. The molecule has 2 atom stereocenters. The average molecular weight is 294 g/mol. The average Bonchev–Trinajstić information content (AvgIpc) is 3.09. The van der Waals surface area contributed by atoms with Crippen molar-refractivity contribution in [1.82, 2.24) is 0 Å². The largest absolute Gasteiger partial charge is 0.451 e. The Labute approximate surface area is 120 Å². The van der Waals surface area contributed by atoms with E-state index in [-0.39, 0.29) is 0 Å². The number of ether oxygens (including phenoxy) is 2. The number of nitriles is 1. The molecular weight excluding hydrogens is 280 g/mol. The fraction of sp³-hybridized carbons (Fsp3) is 0.462. The Balaban J connectivity index is 1.89. The Bertz CT molecular complexity index is 543. The van der Waals surface area contributed by atoms with Gasteiger partial charge >= 0.3 is 5.97 Å². The predicted octanol–water partition coefficient (Wildman–Crippen LogP) is 1.67. The molecular formula is C13H14N2O4S. The van der Waals surface area contributed by atoms with Crippen LogP contribution in [0.4, 0.5) is 5.00 Å². The first kappa shape index (κ1) is 14.5. The summed E-state index contributed by atoms with van der Waals surface area (Å²) in [5.74, 6) is -0.980. The van der Waals surface area contributed by atoms with E-state index in [0.29, 0.717) is 23.6 Å². The highest BCUT2D eigenvalue weighted by Crippen LogP contribution is 2.22. The topological polar surface area (TPSA) is 88.4 Å². The van der Waals surface area contributed by atoms with Gasteiger partial charge in [-0.05, 0) is 31.2 Å². The molecule has 0 aliphatic carbocycles. The third kappa shape index (κ3) is 3.35. The molecule has 0 aromatic carbocycles. The van der Waals surface area contributed by atoms with Gasteiger partial charge in [0, 0.05) is 6.61 Å². The van der Waals surface area contributed by atoms with Gasteiger partial charge in [-0.1, -0.05) is 0 Å². The molecule has 1 aromatic rings. The molecule has 1 saturated heterocycles. The molecule has 1 aliphatic heterocycles. The van der Waals surface area contributed by atoms with Crippen LogP contribution in [0, 0.1) is 11.3 Å². The lowest BCUT2D eigenvalue weighted by molar-refractivity contribution is -0.162. The fourth-order valence-electron chi connectivity index (χ4n) is 1.77. The molecule has 0 spiro atoms. The van der Waals surface area contributed by atoms with Crippen molar-refractivity contribution in [2.45, 2.75) is 32.0 Å². The zero-order chi connectivity index (χ0) is 14.5. The summed E-state index contributed by atoms with van der Waals surface area (Å²) in [6, 6.07) is 3.59. The van der Waals surface area contributed by atoms with Crippen LogP contribution in [0.15, 0.2) is 11.4 Å². The summed E-state index contributed by atoms with van der Waals surface area (Å²) in [7, 11) is 0. The number of amides is 1. The predicted molar refractivity (Wildman–Crippen MR) is 72.2 cm³/mol. The normalized spacial score (nSPS) is 19.1. The fourth-order valence-corrected chi connectivity index (χ4v) is 2.52. The molecule has 0 saturated carbocycles. The minimum atomic E-state index is -0.930. The number of thiophene rings is 1. The molecule has 1 N–H and O–H groups in total. The lowest BCUT2D eigenvalue weighted by Crippen LogP contribution is -2.33. The maximum absolute atomic E-state index is 11.9. The summed E-state index contributed by atoms with van der Waals surface area (Å²) >= 11 is 1.24. The van der Waals surface area contributed by atoms with Gasteiger partial charge in [0.2, 0.25) is 0 Å². The standard InChI is InChI=1S/C13H14N2O4S/c1-8(19-13(17)10-3-2-5-18-10)11(16)15-12-9(7-14)4-6-20-12/h4,6,8,10H,2-3,5H2,1H3,(H,15,16)/t8-,10+/m1/s1. The van der Waals surface area contributed by atoms with Gasteiger partial charge in [-0.25, -0.2) is 4.79 Å². The van der Waals surface area contributed by atoms with Gasteiger partial charge in [-0.2, -0.15) is 5.26 Å². The van der Waals surface area contributed by atoms with Gasteiger partial charge in [0.1, 0.15) is 11.1 Å². The van der Waals surface area contributed by atoms with E-state index in [1.165, 1.54) is 18.3 Å². The van der Waals surface area contributed by atoms with Gasteiger partial charge in [0.05, 0.1) is 5.56 Å². The van der Waals surface area contributed by atoms with Crippen LogP contribution >= 0.6 is 11.3 Å². The second-order valence-electron chi connectivity index (χ2n) is 4.35. The number of nitrogens with zero attached hydrogens (tertiary/aromatic N) is 1. The molecule has 0 bridgehead atoms. The maximum Gasteiger partial charge on any atom is 0.336 e. The number of nitrogens with one attached hydrogen (secondary N) is 1. The summed E-state index contributed by atoms with van der Waals surface area (Å²) in [6.07, 6.45) is -0.0559. The first-order valence-corrected chi connectivity index (χ1v) is 7.10. The third-order valence-electron chi connectivity index (χ3n) is 2.88. The molecule has 6 nitrogen and oxygen atoms in total. The van der Waals surface area contributed by atoms with Crippen LogP contribution in [0.2, 0.25) is 0 Å². The molecule has 1 aliphatic rings. The molecule has 2 rings (SSSR count). The number of carbonyl (C=O) groups excluding carboxylic acids is 2. The van der Waals surface area contributed by atoms with Crippen LogP contribution in [0.3, 0.4) is 0 Å². The molecule has 0 unspecified atom stereocenters. The van der Waals surface area contributed by atoms with E-state index in [1.54, 1.807) is 11.4 Å². The summed E-state index contributed by atoms with van der Waals surface area (Å²) in [4.78, 5) is 23.6. The van der Waals surface area contributed by atoms with Gasteiger partial charge in [-0.3, -0.25) is 4.79 Å². The SMILES string of the molecule is C[C@@H](OC(=O)[C@@H]1CCCO1)C(=O)Nc1sccc1C#N. The summed E-state index contributed by atoms with van der Waals surface area (Å²) in [5.41, 5.74) is 0.390. The van der Waals surface area contributed by atoms with Crippen molar-refractivity contribution < 1.29 is 19.1 Å². The second kappa shape index (κ2) is 6.50. The molecule has 20 heavy (non-hydrogen) atoms. The van der Waals surface area contributed by atoms with E-state index in [9.17, 15) is 9.59 Å². The molecule has 0 radical (unpaired) electrons. The van der Waals surface area contributed by atoms with Crippen LogP contribution in [-0.2, 0) is 19.1 Å². The van der Waals surface area contributed by atoms with E-state index >= 15 is 0 Å². The van der Waals surface area contributed by atoms with Crippen LogP contribution in [0.25, 0.3) is 0 Å². The van der Waals surface area contributed by atoms with Crippen LogP contribution in [0.1, 0.15) is 25.3 Å². The third-order valence-corrected chi connectivity index (χ3v) is 3.71. The van der Waals surface area contributed by atoms with E-state index in [2.05, 4.69) is 5.32 Å². The molecule has 2 heterocycles. The van der Waals surface area contributed by atoms with Crippen molar-refractivity contribution >= 4 is 28.2 Å². The van der Waals surface area contributed by atoms with Crippen molar-refractivity contribution in [2.24, 2.45) is 0 Å². The molecule has 106 valence electrons. The Kier molecular flexibility index (Phi) is 4.71. The Morgan fingerprint density at radius 3 is 3.10 bits per heavy atom. The van der Waals surface area contributed by atoms with E-state index in [1.807, 2.05) is 6.07 Å². The zero-order valence-corrected chi connectivity index (χ0v) is 11.7. The molecule has 7 heteroatoms. The molecule has 1 aromatic heterocycles. The van der Waals surface area contributed by atoms with Crippen molar-refractivity contribution in [3.05, 3.63) is 17.0 Å². The maximum atomic E-state index is 11.9. The van der Waals surface area contributed by atoms with Gasteiger partial charge in [0.25, 0.3) is 5.91 Å². The highest BCUT2D eigenvalue weighted by atomic mass is 32.1. The Morgan fingerprint density at radius 1 is 1.65 bits per heavy atom. The van der Waals surface area contributed by atoms with Crippen LogP contribution < -0.4 is 5.32 Å². The van der Waals surface area contributed by atoms with Gasteiger partial charge < -0.3 is 14.8 Å². The summed E-state index contributed by atoms with van der Waals surface area (Å²) in [6.45, 7) is 2.03. The monoisotopic (exact) mass is 294 g/mol. The number of rotatable bonds is 4. The number of hydrogen-bond donors (Lipinski definition) is 1. The van der Waals surface area contributed by atoms with Crippen molar-refractivity contribution in [1.29, 1.82) is 5.26 Å². The first-order chi connectivity index (χ1) is 9.61. The minimum absolute atomic E-state index is 0.390. The first-order valence-electron chi connectivity index (χ1n) is 6.22. The number of hydrogen-bond acceptors (Lipinski definition) is 6. The lowest BCUT2D eigenvalue weighted by atomic mass is 10.2. The summed E-state index contributed by atoms with van der Waals surface area (Å²) in [5, 5.41) is 13.6. The Morgan fingerprint density at radius 2 is 2.45 bits per heavy atom. The van der Waals surface area contributed by atoms with Gasteiger partial charge in [-0.15, -0.1) is 11.3 Å². The van der Waals surface area contributed by atoms with E-state index in [4.69, 9.17) is 14.7 Å². The molecule has 1 fully saturated rings. The minimum Gasteiger partial charge on any atom is -0.451 e. The lowest BCUT2D eigenvalue weighted by Gasteiger charge is -2.15. The van der Waals surface area contributed by atoms with Crippen molar-refractivity contribution in [3.63, 3.8) is 0 Å². The van der Waals surface area contributed by atoms with Crippen molar-refractivity contribution in [3.8, 4) is 6.07 Å². The quantitative estimate of drug-likeness (QED) is 0.853. The van der Waals surface area contributed by atoms with Gasteiger partial charge in [0.15, 0.2) is 12.2 Å². The van der Waals surface area contributed by atoms with Crippen LogP contribution in [0.5, 0.6) is 0 Å². The van der Waals surface area contributed by atoms with E-state index < -0.39 is 24.1 Å². The molecule has 1 amide bonds. The van der Waals surface area contributed by atoms with Crippen LogP contribution in [-0.4, -0.2) is 30.7 Å². The second-order valence-corrected chi connectivity index (χ2v) is 5.26. The Hall–Kier alpha value is -1.91. The van der Waals surface area contributed by atoms with Crippen molar-refractivity contribution in [2.75, 3.05) is 11.9 Å². The van der Waals surface area contributed by atoms with E-state index in [0.717, 1.165) is 6.42 Å². The summed E-state index contributed by atoms with van der Waals surface area (Å²) < 4.78 is 10.3. The highest BCUT2D eigenvalue weighted by molar-refractivity contribution is 7.14. The zero-order valence-electron chi connectivity index (χ0n) is 10.9. The number of carbonyl (C=O) groups is 2.